The zero-order valence-corrected chi connectivity index (χ0v) is 13.7. The van der Waals surface area contributed by atoms with Crippen LogP contribution in [0.4, 0.5) is 0 Å². The minimum absolute atomic E-state index is 0.0888. The molecule has 1 heterocycles. The maximum atomic E-state index is 11.8. The first kappa shape index (κ1) is 15.4. The van der Waals surface area contributed by atoms with Gasteiger partial charge in [0, 0.05) is 28.0 Å². The van der Waals surface area contributed by atoms with Crippen LogP contribution in [-0.2, 0) is 0 Å². The van der Waals surface area contributed by atoms with E-state index in [0.717, 1.165) is 22.3 Å². The summed E-state index contributed by atoms with van der Waals surface area (Å²) in [6, 6.07) is 12.7. The zero-order chi connectivity index (χ0) is 16.4. The van der Waals surface area contributed by atoms with Crippen molar-refractivity contribution < 1.29 is 9.53 Å². The maximum Gasteiger partial charge on any atom is 0.251 e. The second-order valence-corrected chi connectivity index (χ2v) is 5.69. The van der Waals surface area contributed by atoms with Crippen molar-refractivity contribution in [2.75, 3.05) is 6.54 Å². The fourth-order valence-corrected chi connectivity index (χ4v) is 2.63. The van der Waals surface area contributed by atoms with Crippen molar-refractivity contribution >= 4 is 28.4 Å². The molecule has 0 aliphatic heterocycles. The monoisotopic (exact) mass is 328 g/mol. The maximum absolute atomic E-state index is 11.8. The van der Waals surface area contributed by atoms with E-state index in [1.807, 2.05) is 32.0 Å². The summed E-state index contributed by atoms with van der Waals surface area (Å²) >= 11 is 6.07. The Morgan fingerprint density at radius 3 is 2.65 bits per heavy atom. The van der Waals surface area contributed by atoms with Crippen molar-refractivity contribution in [2.24, 2.45) is 0 Å². The lowest BCUT2D eigenvalue weighted by atomic mass is 10.2. The van der Waals surface area contributed by atoms with Crippen molar-refractivity contribution in [1.29, 1.82) is 0 Å². The van der Waals surface area contributed by atoms with Crippen LogP contribution in [-0.4, -0.2) is 17.4 Å². The molecule has 0 spiro atoms. The first-order valence-corrected chi connectivity index (χ1v) is 7.80. The highest BCUT2D eigenvalue weighted by atomic mass is 35.5. The molecule has 4 nitrogen and oxygen atoms in total. The summed E-state index contributed by atoms with van der Waals surface area (Å²) < 4.78 is 5.99. The number of carbonyl (C=O) groups is 1. The van der Waals surface area contributed by atoms with Gasteiger partial charge in [0.25, 0.3) is 5.91 Å². The van der Waals surface area contributed by atoms with E-state index in [1.54, 1.807) is 24.3 Å². The number of carbonyl (C=O) groups excluding carboxylic acids is 1. The molecule has 1 aromatic heterocycles. The van der Waals surface area contributed by atoms with Gasteiger partial charge in [0.05, 0.1) is 5.69 Å². The second kappa shape index (κ2) is 6.34. The fourth-order valence-electron chi connectivity index (χ4n) is 2.46. The number of amides is 1. The van der Waals surface area contributed by atoms with Crippen molar-refractivity contribution in [3.8, 4) is 11.5 Å². The number of benzene rings is 2. The molecule has 0 radical (unpaired) electrons. The second-order valence-electron chi connectivity index (χ2n) is 5.25. The highest BCUT2D eigenvalue weighted by Gasteiger charge is 2.12. The van der Waals surface area contributed by atoms with Crippen LogP contribution in [0.1, 0.15) is 23.0 Å². The van der Waals surface area contributed by atoms with Gasteiger partial charge in [0.2, 0.25) is 0 Å². The molecule has 2 N–H and O–H groups in total. The summed E-state index contributed by atoms with van der Waals surface area (Å²) in [5, 5.41) is 4.36. The number of hydrogen-bond donors (Lipinski definition) is 2. The number of aromatic nitrogens is 1. The summed E-state index contributed by atoms with van der Waals surface area (Å²) in [6.45, 7) is 4.44. The van der Waals surface area contributed by atoms with Gasteiger partial charge in [0.15, 0.2) is 5.75 Å². The number of aryl methyl sites for hydroxylation is 1. The van der Waals surface area contributed by atoms with Gasteiger partial charge in [-0.1, -0.05) is 11.6 Å². The van der Waals surface area contributed by atoms with Gasteiger partial charge < -0.3 is 15.0 Å². The Bertz CT molecular complexity index is 853. The van der Waals surface area contributed by atoms with E-state index in [4.69, 9.17) is 16.3 Å². The van der Waals surface area contributed by atoms with Crippen LogP contribution in [0.3, 0.4) is 0 Å². The molecule has 0 bridgehead atoms. The quantitative estimate of drug-likeness (QED) is 0.731. The van der Waals surface area contributed by atoms with Crippen molar-refractivity contribution in [3.05, 3.63) is 58.7 Å². The van der Waals surface area contributed by atoms with Gasteiger partial charge >= 0.3 is 0 Å². The number of hydrogen-bond acceptors (Lipinski definition) is 2. The SMILES string of the molecule is CCNC(=O)c1ccc(Oc2c(C)[nH]c3ccc(Cl)cc23)cc1. The molecule has 0 saturated heterocycles. The van der Waals surface area contributed by atoms with Crippen molar-refractivity contribution in [2.45, 2.75) is 13.8 Å². The average molecular weight is 329 g/mol. The van der Waals surface area contributed by atoms with E-state index >= 15 is 0 Å². The van der Waals surface area contributed by atoms with Crippen LogP contribution >= 0.6 is 11.6 Å². The number of fused-ring (bicyclic) bond motifs is 1. The molecule has 1 amide bonds. The number of H-pyrrole nitrogens is 1. The largest absolute Gasteiger partial charge is 0.455 e. The lowest BCUT2D eigenvalue weighted by Crippen LogP contribution is -2.22. The molecule has 2 aromatic carbocycles. The van der Waals surface area contributed by atoms with E-state index in [1.165, 1.54) is 0 Å². The van der Waals surface area contributed by atoms with E-state index in [2.05, 4.69) is 10.3 Å². The summed E-state index contributed by atoms with van der Waals surface area (Å²) in [5.41, 5.74) is 2.51. The standard InChI is InChI=1S/C18H17ClN2O2/c1-3-20-18(22)12-4-7-14(8-5-12)23-17-11(2)21-16-9-6-13(19)10-15(16)17/h4-10,21H,3H2,1-2H3,(H,20,22). The predicted molar refractivity (Wildman–Crippen MR) is 92.6 cm³/mol. The Morgan fingerprint density at radius 2 is 1.96 bits per heavy atom. The fraction of sp³-hybridized carbons (Fsp3) is 0.167. The van der Waals surface area contributed by atoms with E-state index < -0.39 is 0 Å². The number of nitrogens with one attached hydrogen (secondary N) is 2. The summed E-state index contributed by atoms with van der Waals surface area (Å²) in [5.74, 6) is 1.32. The molecule has 0 unspecified atom stereocenters. The number of aromatic amines is 1. The van der Waals surface area contributed by atoms with Crippen LogP contribution in [0.25, 0.3) is 10.9 Å². The Labute approximate surface area is 139 Å². The number of ether oxygens (including phenoxy) is 1. The highest BCUT2D eigenvalue weighted by molar-refractivity contribution is 6.31. The first-order chi connectivity index (χ1) is 11.1. The Balaban J connectivity index is 1.89. The smallest absolute Gasteiger partial charge is 0.251 e. The molecule has 0 aliphatic rings. The number of halogens is 1. The molecular formula is C18H17ClN2O2. The van der Waals surface area contributed by atoms with Crippen molar-refractivity contribution in [1.82, 2.24) is 10.3 Å². The van der Waals surface area contributed by atoms with Crippen LogP contribution < -0.4 is 10.1 Å². The molecule has 118 valence electrons. The zero-order valence-electron chi connectivity index (χ0n) is 12.9. The molecule has 0 saturated carbocycles. The van der Waals surface area contributed by atoms with Gasteiger partial charge in [-0.15, -0.1) is 0 Å². The molecule has 0 aliphatic carbocycles. The minimum atomic E-state index is -0.0888. The molecule has 23 heavy (non-hydrogen) atoms. The third-order valence-corrected chi connectivity index (χ3v) is 3.80. The van der Waals surface area contributed by atoms with Gasteiger partial charge in [-0.3, -0.25) is 4.79 Å². The predicted octanol–water partition coefficient (Wildman–Crippen LogP) is 4.67. The summed E-state index contributed by atoms with van der Waals surface area (Å²) in [6.07, 6.45) is 0. The highest BCUT2D eigenvalue weighted by Crippen LogP contribution is 2.35. The van der Waals surface area contributed by atoms with Gasteiger partial charge in [-0.05, 0) is 56.3 Å². The van der Waals surface area contributed by atoms with Gasteiger partial charge in [-0.25, -0.2) is 0 Å². The average Bonchev–Trinajstić information content (AvgIpc) is 2.84. The lowest BCUT2D eigenvalue weighted by molar-refractivity contribution is 0.0956. The lowest BCUT2D eigenvalue weighted by Gasteiger charge is -2.07. The molecule has 0 atom stereocenters. The van der Waals surface area contributed by atoms with Gasteiger partial charge in [-0.2, -0.15) is 0 Å². The normalized spacial score (nSPS) is 10.7. The van der Waals surface area contributed by atoms with Crippen LogP contribution in [0.15, 0.2) is 42.5 Å². The van der Waals surface area contributed by atoms with Gasteiger partial charge in [0.1, 0.15) is 5.75 Å². The Hall–Kier alpha value is -2.46. The molecular weight excluding hydrogens is 312 g/mol. The first-order valence-electron chi connectivity index (χ1n) is 7.42. The van der Waals surface area contributed by atoms with Crippen LogP contribution in [0, 0.1) is 6.92 Å². The van der Waals surface area contributed by atoms with Crippen molar-refractivity contribution in [3.63, 3.8) is 0 Å². The molecule has 3 aromatic rings. The molecule has 3 rings (SSSR count). The Kier molecular flexibility index (Phi) is 4.26. The number of rotatable bonds is 4. The van der Waals surface area contributed by atoms with E-state index in [0.29, 0.717) is 22.9 Å². The molecule has 0 fully saturated rings. The van der Waals surface area contributed by atoms with E-state index in [-0.39, 0.29) is 5.91 Å². The van der Waals surface area contributed by atoms with Crippen LogP contribution in [0.5, 0.6) is 11.5 Å². The van der Waals surface area contributed by atoms with Crippen LogP contribution in [0.2, 0.25) is 5.02 Å². The summed E-state index contributed by atoms with van der Waals surface area (Å²) in [4.78, 5) is 15.0. The molecule has 5 heteroatoms. The van der Waals surface area contributed by atoms with E-state index in [9.17, 15) is 4.79 Å². The third kappa shape index (κ3) is 3.17. The minimum Gasteiger partial charge on any atom is -0.455 e. The Morgan fingerprint density at radius 1 is 1.22 bits per heavy atom. The topological polar surface area (TPSA) is 54.1 Å². The summed E-state index contributed by atoms with van der Waals surface area (Å²) in [7, 11) is 0. The third-order valence-electron chi connectivity index (χ3n) is 3.56.